The van der Waals surface area contributed by atoms with Gasteiger partial charge in [-0.05, 0) is 11.6 Å². The number of rotatable bonds is 2. The second kappa shape index (κ2) is 6.70. The number of nitrogens with zero attached hydrogens (tertiary/aromatic N) is 4. The van der Waals surface area contributed by atoms with Gasteiger partial charge in [0, 0.05) is 49.7 Å². The zero-order valence-electron chi connectivity index (χ0n) is 14.7. The summed E-state index contributed by atoms with van der Waals surface area (Å²) in [7, 11) is 0. The van der Waals surface area contributed by atoms with Gasteiger partial charge in [0.05, 0.1) is 5.69 Å². The Bertz CT molecular complexity index is 1010. The molecule has 0 atom stereocenters. The van der Waals surface area contributed by atoms with Crippen LogP contribution in [0.2, 0.25) is 0 Å². The molecule has 2 aliphatic heterocycles. The van der Waals surface area contributed by atoms with Gasteiger partial charge in [0.1, 0.15) is 12.4 Å². The van der Waals surface area contributed by atoms with E-state index in [1.807, 2.05) is 35.8 Å². The molecular weight excluding hydrogens is 362 g/mol. The van der Waals surface area contributed by atoms with E-state index >= 15 is 0 Å². The zero-order valence-corrected chi connectivity index (χ0v) is 15.5. The molecule has 0 unspecified atom stereocenters. The van der Waals surface area contributed by atoms with Crippen LogP contribution in [0.1, 0.15) is 16.8 Å². The van der Waals surface area contributed by atoms with Crippen LogP contribution in [0.25, 0.3) is 0 Å². The van der Waals surface area contributed by atoms with Crippen molar-refractivity contribution in [2.75, 3.05) is 36.0 Å². The number of hydrogen-bond acceptors (Lipinski definition) is 7. The summed E-state index contributed by atoms with van der Waals surface area (Å²) in [5.74, 6) is 1.46. The van der Waals surface area contributed by atoms with E-state index in [9.17, 15) is 4.79 Å². The fourth-order valence-electron chi connectivity index (χ4n) is 3.59. The minimum Gasteiger partial charge on any atom is -0.487 e. The van der Waals surface area contributed by atoms with Crippen molar-refractivity contribution < 1.29 is 4.74 Å². The third kappa shape index (κ3) is 3.06. The molecule has 1 aromatic carbocycles. The van der Waals surface area contributed by atoms with Gasteiger partial charge in [-0.1, -0.05) is 18.2 Å². The highest BCUT2D eigenvalue weighted by molar-refractivity contribution is 7.13. The molecule has 5 rings (SSSR count). The Morgan fingerprint density at radius 1 is 1.11 bits per heavy atom. The average Bonchev–Trinajstić information content (AvgIpc) is 3.17. The first-order valence-corrected chi connectivity index (χ1v) is 9.88. The fourth-order valence-corrected chi connectivity index (χ4v) is 4.29. The van der Waals surface area contributed by atoms with E-state index in [4.69, 9.17) is 9.72 Å². The maximum Gasteiger partial charge on any atom is 0.256 e. The molecule has 0 saturated carbocycles. The fraction of sp³-hybridized carbons (Fsp3) is 0.316. The number of benzene rings is 1. The topological polar surface area (TPSA) is 74.4 Å². The number of aromatic amines is 1. The number of fused-ring (bicyclic) bond motifs is 2. The molecule has 0 aliphatic carbocycles. The molecule has 0 spiro atoms. The lowest BCUT2D eigenvalue weighted by Crippen LogP contribution is -2.47. The molecule has 7 nitrogen and oxygen atoms in total. The number of para-hydroxylation sites is 1. The molecule has 0 amide bonds. The van der Waals surface area contributed by atoms with Crippen LogP contribution in [0, 0.1) is 0 Å². The smallest absolute Gasteiger partial charge is 0.256 e. The molecule has 1 N–H and O–H groups in total. The molecule has 2 aliphatic rings. The van der Waals surface area contributed by atoms with Crippen molar-refractivity contribution >= 4 is 22.4 Å². The van der Waals surface area contributed by atoms with Gasteiger partial charge in [-0.2, -0.15) is 0 Å². The van der Waals surface area contributed by atoms with E-state index in [0.717, 1.165) is 48.3 Å². The Balaban J connectivity index is 1.38. The van der Waals surface area contributed by atoms with Crippen molar-refractivity contribution in [3.63, 3.8) is 0 Å². The average molecular weight is 381 g/mol. The second-order valence-electron chi connectivity index (χ2n) is 6.68. The first-order valence-electron chi connectivity index (χ1n) is 9.00. The zero-order chi connectivity index (χ0) is 18.2. The number of aromatic nitrogens is 3. The molecule has 138 valence electrons. The Morgan fingerprint density at radius 3 is 2.74 bits per heavy atom. The third-order valence-corrected chi connectivity index (χ3v) is 5.89. The van der Waals surface area contributed by atoms with Crippen LogP contribution in [0.3, 0.4) is 0 Å². The lowest BCUT2D eigenvalue weighted by Gasteiger charge is -2.34. The van der Waals surface area contributed by atoms with E-state index in [0.29, 0.717) is 24.5 Å². The van der Waals surface area contributed by atoms with Crippen LogP contribution in [0.4, 0.5) is 11.1 Å². The monoisotopic (exact) mass is 381 g/mol. The van der Waals surface area contributed by atoms with E-state index in [-0.39, 0.29) is 5.56 Å². The molecular formula is C19H19N5O2S. The highest BCUT2D eigenvalue weighted by atomic mass is 32.1. The minimum absolute atomic E-state index is 0.0716. The van der Waals surface area contributed by atoms with Gasteiger partial charge in [-0.25, -0.2) is 9.97 Å². The van der Waals surface area contributed by atoms with Gasteiger partial charge in [0.2, 0.25) is 5.95 Å². The van der Waals surface area contributed by atoms with Gasteiger partial charge in [0.25, 0.3) is 5.56 Å². The summed E-state index contributed by atoms with van der Waals surface area (Å²) in [4.78, 5) is 29.2. The van der Waals surface area contributed by atoms with Crippen molar-refractivity contribution in [3.8, 4) is 5.75 Å². The van der Waals surface area contributed by atoms with E-state index in [2.05, 4.69) is 19.8 Å². The predicted molar refractivity (Wildman–Crippen MR) is 105 cm³/mol. The molecule has 0 radical (unpaired) electrons. The van der Waals surface area contributed by atoms with Crippen molar-refractivity contribution in [2.45, 2.75) is 13.0 Å². The summed E-state index contributed by atoms with van der Waals surface area (Å²) in [6, 6.07) is 7.84. The standard InChI is InChI=1S/C19H19N5O2S/c25-17-14-11-13-3-1-2-4-16(13)26-12-15(14)21-18(22-17)23-6-8-24(9-7-23)19-20-5-10-27-19/h1-5,10H,6-9,11-12H2,(H,21,22,25). The van der Waals surface area contributed by atoms with Crippen LogP contribution in [0.5, 0.6) is 5.75 Å². The second-order valence-corrected chi connectivity index (χ2v) is 7.55. The molecule has 1 saturated heterocycles. The van der Waals surface area contributed by atoms with Crippen LogP contribution < -0.4 is 20.1 Å². The number of thiazole rings is 1. The summed E-state index contributed by atoms with van der Waals surface area (Å²) in [5.41, 5.74) is 2.38. The summed E-state index contributed by atoms with van der Waals surface area (Å²) < 4.78 is 5.89. The van der Waals surface area contributed by atoms with Gasteiger partial charge in [-0.15, -0.1) is 11.3 Å². The highest BCUT2D eigenvalue weighted by Crippen LogP contribution is 2.27. The van der Waals surface area contributed by atoms with Crippen LogP contribution in [-0.4, -0.2) is 41.1 Å². The number of hydrogen-bond donors (Lipinski definition) is 1. The predicted octanol–water partition coefficient (Wildman–Crippen LogP) is 2.04. The molecule has 0 bridgehead atoms. The first-order chi connectivity index (χ1) is 13.3. The number of nitrogens with one attached hydrogen (secondary N) is 1. The molecule has 27 heavy (non-hydrogen) atoms. The normalized spacial score (nSPS) is 16.3. The van der Waals surface area contributed by atoms with Gasteiger partial charge in [-0.3, -0.25) is 9.78 Å². The van der Waals surface area contributed by atoms with E-state index in [1.54, 1.807) is 11.3 Å². The molecule has 2 aromatic heterocycles. The Hall–Kier alpha value is -2.87. The summed E-state index contributed by atoms with van der Waals surface area (Å²) in [6.45, 7) is 3.62. The molecule has 8 heteroatoms. The first kappa shape index (κ1) is 16.3. The highest BCUT2D eigenvalue weighted by Gasteiger charge is 2.24. The summed E-state index contributed by atoms with van der Waals surface area (Å²) in [6.07, 6.45) is 2.38. The van der Waals surface area contributed by atoms with Gasteiger partial charge >= 0.3 is 0 Å². The van der Waals surface area contributed by atoms with Gasteiger partial charge < -0.3 is 14.5 Å². The number of piperazine rings is 1. The Morgan fingerprint density at radius 2 is 1.93 bits per heavy atom. The molecule has 4 heterocycles. The maximum atomic E-state index is 12.7. The third-order valence-electron chi connectivity index (χ3n) is 5.06. The summed E-state index contributed by atoms with van der Waals surface area (Å²) >= 11 is 1.65. The maximum absolute atomic E-state index is 12.7. The van der Waals surface area contributed by atoms with Gasteiger partial charge in [0.15, 0.2) is 5.13 Å². The van der Waals surface area contributed by atoms with Crippen LogP contribution >= 0.6 is 11.3 Å². The van der Waals surface area contributed by atoms with Crippen molar-refractivity contribution in [2.24, 2.45) is 0 Å². The van der Waals surface area contributed by atoms with Crippen molar-refractivity contribution in [1.82, 2.24) is 15.0 Å². The van der Waals surface area contributed by atoms with E-state index in [1.165, 1.54) is 0 Å². The lowest BCUT2D eigenvalue weighted by atomic mass is 10.1. The van der Waals surface area contributed by atoms with Crippen LogP contribution in [-0.2, 0) is 13.0 Å². The Labute approximate surface area is 160 Å². The number of anilines is 2. The lowest BCUT2D eigenvalue weighted by molar-refractivity contribution is 0.302. The SMILES string of the molecule is O=c1[nH]c(N2CCN(c3nccs3)CC2)nc2c1Cc1ccccc1OC2. The number of H-pyrrole nitrogens is 1. The van der Waals surface area contributed by atoms with Crippen molar-refractivity contribution in [1.29, 1.82) is 0 Å². The minimum atomic E-state index is -0.0716. The van der Waals surface area contributed by atoms with Crippen molar-refractivity contribution in [3.05, 3.63) is 63.0 Å². The van der Waals surface area contributed by atoms with E-state index < -0.39 is 0 Å². The number of ether oxygens (including phenoxy) is 1. The van der Waals surface area contributed by atoms with Crippen LogP contribution in [0.15, 0.2) is 40.6 Å². The quantitative estimate of drug-likeness (QED) is 0.732. The Kier molecular flexibility index (Phi) is 4.05. The largest absolute Gasteiger partial charge is 0.487 e. The molecule has 3 aromatic rings. The molecule has 1 fully saturated rings. The summed E-state index contributed by atoms with van der Waals surface area (Å²) in [5, 5.41) is 3.04.